The Morgan fingerprint density at radius 2 is 2.03 bits per heavy atom. The van der Waals surface area contributed by atoms with Gasteiger partial charge in [0.05, 0.1) is 13.7 Å². The first-order valence-electron chi connectivity index (χ1n) is 10.00. The fourth-order valence-electron chi connectivity index (χ4n) is 3.52. The number of hydrogen-bond acceptors (Lipinski definition) is 7. The van der Waals surface area contributed by atoms with Crippen molar-refractivity contribution in [3.8, 4) is 0 Å². The van der Waals surface area contributed by atoms with E-state index in [1.807, 2.05) is 30.3 Å². The van der Waals surface area contributed by atoms with E-state index in [1.54, 1.807) is 6.33 Å². The van der Waals surface area contributed by atoms with E-state index in [1.165, 1.54) is 13.5 Å². The lowest BCUT2D eigenvalue weighted by molar-refractivity contribution is -0.142. The summed E-state index contributed by atoms with van der Waals surface area (Å²) in [5, 5.41) is 7.29. The molecule has 29 heavy (non-hydrogen) atoms. The number of hydrogen-bond donors (Lipinski definition) is 2. The molecular weight excluding hydrogens is 390 g/mol. The van der Waals surface area contributed by atoms with Gasteiger partial charge in [-0.3, -0.25) is 9.69 Å². The molecule has 1 saturated heterocycles. The molecule has 1 aliphatic rings. The second-order valence-corrected chi connectivity index (χ2v) is 7.72. The summed E-state index contributed by atoms with van der Waals surface area (Å²) in [5.74, 6) is 2.10. The van der Waals surface area contributed by atoms with Crippen molar-refractivity contribution in [2.45, 2.75) is 25.7 Å². The van der Waals surface area contributed by atoms with Gasteiger partial charge >= 0.3 is 5.97 Å². The van der Waals surface area contributed by atoms with Gasteiger partial charge in [-0.1, -0.05) is 17.7 Å². The molecule has 0 saturated carbocycles. The molecule has 2 heterocycles. The number of nitrogens with one attached hydrogen (secondary N) is 2. The predicted octanol–water partition coefficient (Wildman–Crippen LogP) is 3.95. The summed E-state index contributed by atoms with van der Waals surface area (Å²) >= 11 is 6.02. The van der Waals surface area contributed by atoms with E-state index in [0.29, 0.717) is 11.6 Å². The number of halogens is 1. The predicted molar refractivity (Wildman–Crippen MR) is 116 cm³/mol. The minimum absolute atomic E-state index is 0.151. The molecule has 0 spiro atoms. The third-order valence-corrected chi connectivity index (χ3v) is 5.38. The van der Waals surface area contributed by atoms with Crippen LogP contribution in [0.5, 0.6) is 0 Å². The van der Waals surface area contributed by atoms with E-state index in [9.17, 15) is 4.79 Å². The number of piperidine rings is 1. The van der Waals surface area contributed by atoms with Gasteiger partial charge in [-0.15, -0.1) is 0 Å². The van der Waals surface area contributed by atoms with Crippen LogP contribution in [0.1, 0.15) is 25.7 Å². The van der Waals surface area contributed by atoms with Gasteiger partial charge in [-0.25, -0.2) is 9.97 Å². The minimum Gasteiger partial charge on any atom is -0.468 e. The quantitative estimate of drug-likeness (QED) is 0.472. The SMILES string of the molecule is COC(=O)CN1CCC(CCCNc2cc(Nc3cccc(Cl)c3)ncn2)CC1. The highest BCUT2D eigenvalue weighted by molar-refractivity contribution is 6.30. The summed E-state index contributed by atoms with van der Waals surface area (Å²) in [7, 11) is 1.44. The number of aromatic nitrogens is 2. The van der Waals surface area contributed by atoms with Crippen LogP contribution in [0.2, 0.25) is 5.02 Å². The monoisotopic (exact) mass is 417 g/mol. The Balaban J connectivity index is 1.36. The van der Waals surface area contributed by atoms with Crippen molar-refractivity contribution in [2.75, 3.05) is 43.9 Å². The molecule has 0 radical (unpaired) electrons. The van der Waals surface area contributed by atoms with Crippen molar-refractivity contribution in [3.63, 3.8) is 0 Å². The lowest BCUT2D eigenvalue weighted by atomic mass is 9.92. The maximum Gasteiger partial charge on any atom is 0.319 e. The van der Waals surface area contributed by atoms with Gasteiger partial charge in [0.2, 0.25) is 0 Å². The molecule has 0 bridgehead atoms. The van der Waals surface area contributed by atoms with Crippen molar-refractivity contribution < 1.29 is 9.53 Å². The molecule has 2 aromatic rings. The molecular formula is C21H28ClN5O2. The van der Waals surface area contributed by atoms with Crippen LogP contribution in [0.25, 0.3) is 0 Å². The number of nitrogens with zero attached hydrogens (tertiary/aromatic N) is 3. The summed E-state index contributed by atoms with van der Waals surface area (Å²) in [6.45, 7) is 3.22. The van der Waals surface area contributed by atoms with E-state index in [4.69, 9.17) is 16.3 Å². The molecule has 8 heteroatoms. The highest BCUT2D eigenvalue weighted by Crippen LogP contribution is 2.22. The molecule has 0 amide bonds. The number of anilines is 3. The van der Waals surface area contributed by atoms with Crippen LogP contribution in [0.4, 0.5) is 17.3 Å². The number of carbonyl (C=O) groups excluding carboxylic acids is 1. The van der Waals surface area contributed by atoms with Gasteiger partial charge in [-0.05, 0) is 62.9 Å². The summed E-state index contributed by atoms with van der Waals surface area (Å²) in [6, 6.07) is 9.42. The molecule has 0 atom stereocenters. The standard InChI is InChI=1S/C21H28ClN5O2/c1-29-21(28)14-27-10-7-16(8-11-27)4-3-9-23-19-13-20(25-15-24-19)26-18-6-2-5-17(22)12-18/h2,5-6,12-13,15-16H,3-4,7-11,14H2,1H3,(H2,23,24,25,26). The number of ether oxygens (including phenoxy) is 1. The Bertz CT molecular complexity index is 796. The largest absolute Gasteiger partial charge is 0.468 e. The number of benzene rings is 1. The Morgan fingerprint density at radius 1 is 1.24 bits per heavy atom. The Hall–Kier alpha value is -2.38. The Morgan fingerprint density at radius 3 is 2.79 bits per heavy atom. The Labute approximate surface area is 176 Å². The molecule has 1 aromatic carbocycles. The highest BCUT2D eigenvalue weighted by Gasteiger charge is 2.20. The van der Waals surface area contributed by atoms with Crippen LogP contribution in [0, 0.1) is 5.92 Å². The van der Waals surface area contributed by atoms with Gasteiger partial charge in [0.25, 0.3) is 0 Å². The van der Waals surface area contributed by atoms with Gasteiger partial charge in [0.1, 0.15) is 18.0 Å². The third-order valence-electron chi connectivity index (χ3n) is 5.15. The molecule has 0 aliphatic carbocycles. The second-order valence-electron chi connectivity index (χ2n) is 7.29. The first kappa shape index (κ1) is 21.3. The van der Waals surface area contributed by atoms with E-state index in [2.05, 4.69) is 25.5 Å². The lowest BCUT2D eigenvalue weighted by Crippen LogP contribution is -2.37. The summed E-state index contributed by atoms with van der Waals surface area (Å²) in [4.78, 5) is 22.1. The molecule has 2 N–H and O–H groups in total. The van der Waals surface area contributed by atoms with Gasteiger partial charge in [0.15, 0.2) is 0 Å². The first-order valence-corrected chi connectivity index (χ1v) is 10.4. The number of rotatable bonds is 9. The zero-order chi connectivity index (χ0) is 20.5. The summed E-state index contributed by atoms with van der Waals surface area (Å²) < 4.78 is 4.74. The number of likely N-dealkylation sites (tertiary alicyclic amines) is 1. The average molecular weight is 418 g/mol. The van der Waals surface area contributed by atoms with Gasteiger partial charge in [0, 0.05) is 23.3 Å². The minimum atomic E-state index is -0.151. The third kappa shape index (κ3) is 7.18. The van der Waals surface area contributed by atoms with E-state index in [0.717, 1.165) is 62.1 Å². The fourth-order valence-corrected chi connectivity index (χ4v) is 3.71. The van der Waals surface area contributed by atoms with Crippen molar-refractivity contribution in [1.82, 2.24) is 14.9 Å². The van der Waals surface area contributed by atoms with Crippen LogP contribution in [0.15, 0.2) is 36.7 Å². The maximum atomic E-state index is 11.4. The second kappa shape index (κ2) is 11.0. The normalized spacial score (nSPS) is 15.1. The van der Waals surface area contributed by atoms with Crippen LogP contribution in [0.3, 0.4) is 0 Å². The number of carbonyl (C=O) groups is 1. The molecule has 7 nitrogen and oxygen atoms in total. The smallest absolute Gasteiger partial charge is 0.319 e. The van der Waals surface area contributed by atoms with Crippen molar-refractivity contribution in [3.05, 3.63) is 41.7 Å². The van der Waals surface area contributed by atoms with Gasteiger partial charge < -0.3 is 15.4 Å². The summed E-state index contributed by atoms with van der Waals surface area (Å²) in [6.07, 6.45) is 6.09. The van der Waals surface area contributed by atoms with Crippen LogP contribution >= 0.6 is 11.6 Å². The fraction of sp³-hybridized carbons (Fsp3) is 0.476. The zero-order valence-corrected chi connectivity index (χ0v) is 17.5. The van der Waals surface area contributed by atoms with E-state index < -0.39 is 0 Å². The molecule has 156 valence electrons. The summed E-state index contributed by atoms with van der Waals surface area (Å²) in [5.41, 5.74) is 0.890. The molecule has 0 unspecified atom stereocenters. The van der Waals surface area contributed by atoms with Gasteiger partial charge in [-0.2, -0.15) is 0 Å². The van der Waals surface area contributed by atoms with E-state index >= 15 is 0 Å². The molecule has 1 aromatic heterocycles. The molecule has 3 rings (SSSR count). The van der Waals surface area contributed by atoms with Crippen molar-refractivity contribution >= 4 is 34.9 Å². The highest BCUT2D eigenvalue weighted by atomic mass is 35.5. The number of methoxy groups -OCH3 is 1. The average Bonchev–Trinajstić information content (AvgIpc) is 2.72. The molecule has 1 aliphatic heterocycles. The topological polar surface area (TPSA) is 79.4 Å². The van der Waals surface area contributed by atoms with E-state index in [-0.39, 0.29) is 5.97 Å². The lowest BCUT2D eigenvalue weighted by Gasteiger charge is -2.31. The van der Waals surface area contributed by atoms with Crippen LogP contribution < -0.4 is 10.6 Å². The zero-order valence-electron chi connectivity index (χ0n) is 16.7. The first-order chi connectivity index (χ1) is 14.1. The Kier molecular flexibility index (Phi) is 8.07. The van der Waals surface area contributed by atoms with Crippen molar-refractivity contribution in [2.24, 2.45) is 5.92 Å². The van der Waals surface area contributed by atoms with Crippen LogP contribution in [-0.2, 0) is 9.53 Å². The van der Waals surface area contributed by atoms with Crippen LogP contribution in [-0.4, -0.2) is 54.1 Å². The maximum absolute atomic E-state index is 11.4. The number of esters is 1. The van der Waals surface area contributed by atoms with Crippen molar-refractivity contribution in [1.29, 1.82) is 0 Å². The molecule has 1 fully saturated rings.